The molecule has 8 rings (SSSR count). The van der Waals surface area contributed by atoms with Gasteiger partial charge in [0.05, 0.1) is 52.9 Å². The first-order valence-electron chi connectivity index (χ1n) is 27.9. The number of ether oxygens (including phenoxy) is 11. The van der Waals surface area contributed by atoms with E-state index in [1.165, 1.54) is 0 Å². The van der Waals surface area contributed by atoms with Crippen molar-refractivity contribution in [3.63, 3.8) is 0 Å². The normalized spacial score (nSPS) is 23.4. The molecule has 6 aromatic rings. The SMILES string of the molecule is CC(C)(C)OC(=O)COC[C@H]1O[C@@](COCc2ccccc2)(O[C@H]2O[C@H](CO[Si](C)(C)C(C)(C)C)[C@@H](OCc3ccccc3)[C@H](OCc3ccccc3)[C@H]2OCc2ccccc2)[C@@H](OCc2ccccc2)[C@@H]1OCc1ccccc1. The maximum atomic E-state index is 13.2. The van der Waals surface area contributed by atoms with E-state index < -0.39 is 74.7 Å². The zero-order valence-electron chi connectivity index (χ0n) is 47.8. The van der Waals surface area contributed by atoms with E-state index in [1.54, 1.807) is 0 Å². The molecule has 14 heteroatoms. The van der Waals surface area contributed by atoms with Crippen LogP contribution in [-0.4, -0.2) is 101 Å². The minimum absolute atomic E-state index is 0.103. The first-order valence-corrected chi connectivity index (χ1v) is 30.8. The van der Waals surface area contributed by atoms with Gasteiger partial charge in [0.1, 0.15) is 61.5 Å². The number of benzene rings is 6. The van der Waals surface area contributed by atoms with Gasteiger partial charge < -0.3 is 56.5 Å². The maximum absolute atomic E-state index is 13.2. The molecule has 2 aliphatic rings. The summed E-state index contributed by atoms with van der Waals surface area (Å²) < 4.78 is 83.8. The van der Waals surface area contributed by atoms with Crippen molar-refractivity contribution >= 4 is 14.3 Å². The zero-order chi connectivity index (χ0) is 56.4. The van der Waals surface area contributed by atoms with Crippen molar-refractivity contribution in [2.45, 2.75) is 160 Å². The van der Waals surface area contributed by atoms with Crippen LogP contribution in [0.25, 0.3) is 0 Å². The third-order valence-electron chi connectivity index (χ3n) is 14.5. The first kappa shape index (κ1) is 60.7. The lowest BCUT2D eigenvalue weighted by atomic mass is 9.97. The van der Waals surface area contributed by atoms with Gasteiger partial charge in [0.2, 0.25) is 5.79 Å². The second-order valence-electron chi connectivity index (χ2n) is 23.0. The highest BCUT2D eigenvalue weighted by molar-refractivity contribution is 6.74. The fourth-order valence-corrected chi connectivity index (χ4v) is 10.4. The van der Waals surface area contributed by atoms with E-state index in [0.717, 1.165) is 33.4 Å². The fraction of sp³-hybridized carbons (Fsp3) is 0.439. The third kappa shape index (κ3) is 17.8. The Morgan fingerprint density at radius 3 is 1.31 bits per heavy atom. The number of hydrogen-bond donors (Lipinski definition) is 0. The van der Waals surface area contributed by atoms with E-state index in [2.05, 4.69) is 33.9 Å². The van der Waals surface area contributed by atoms with Crippen molar-refractivity contribution in [2.75, 3.05) is 26.4 Å². The second-order valence-corrected chi connectivity index (χ2v) is 27.9. The molecule has 13 nitrogen and oxygen atoms in total. The van der Waals surface area contributed by atoms with Crippen molar-refractivity contribution in [3.05, 3.63) is 215 Å². The van der Waals surface area contributed by atoms with Crippen molar-refractivity contribution in [2.24, 2.45) is 0 Å². The minimum Gasteiger partial charge on any atom is -0.458 e. The summed E-state index contributed by atoms with van der Waals surface area (Å²) in [5.41, 5.74) is 4.92. The Labute approximate surface area is 475 Å². The van der Waals surface area contributed by atoms with E-state index in [-0.39, 0.29) is 71.1 Å². The molecule has 0 saturated carbocycles. The lowest BCUT2D eigenvalue weighted by molar-refractivity contribution is -0.397. The highest BCUT2D eigenvalue weighted by atomic mass is 28.4. The molecule has 0 amide bonds. The Bertz CT molecular complexity index is 2710. The van der Waals surface area contributed by atoms with Gasteiger partial charge in [0.15, 0.2) is 14.6 Å². The maximum Gasteiger partial charge on any atom is 0.332 e. The smallest absolute Gasteiger partial charge is 0.332 e. The van der Waals surface area contributed by atoms with Crippen LogP contribution in [0.1, 0.15) is 74.9 Å². The zero-order valence-corrected chi connectivity index (χ0v) is 48.8. The van der Waals surface area contributed by atoms with Crippen LogP contribution in [-0.2, 0) is 101 Å². The average Bonchev–Trinajstić information content (AvgIpc) is 3.97. The average molecular weight is 1110 g/mol. The van der Waals surface area contributed by atoms with Crippen LogP contribution in [0.3, 0.4) is 0 Å². The minimum atomic E-state index is -2.42. The summed E-state index contributed by atoms with van der Waals surface area (Å²) in [6.45, 7) is 17.3. The Hall–Kier alpha value is -5.43. The molecule has 2 heterocycles. The van der Waals surface area contributed by atoms with E-state index in [1.807, 2.05) is 203 Å². The predicted octanol–water partition coefficient (Wildman–Crippen LogP) is 12.3. The second kappa shape index (κ2) is 29.0. The topological polar surface area (TPSA) is 128 Å². The molecule has 0 radical (unpaired) electrons. The Morgan fingerprint density at radius 1 is 0.475 bits per heavy atom. The van der Waals surface area contributed by atoms with Gasteiger partial charge in [-0.15, -0.1) is 0 Å². The molecule has 2 aliphatic heterocycles. The molecule has 80 heavy (non-hydrogen) atoms. The lowest BCUT2D eigenvalue weighted by Crippen LogP contribution is -2.65. The number of hydrogen-bond acceptors (Lipinski definition) is 13. The van der Waals surface area contributed by atoms with E-state index in [0.29, 0.717) is 0 Å². The van der Waals surface area contributed by atoms with Crippen LogP contribution < -0.4 is 0 Å². The summed E-state index contributed by atoms with van der Waals surface area (Å²) in [6.07, 6.45) is -7.31. The Balaban J connectivity index is 1.26. The van der Waals surface area contributed by atoms with Crippen molar-refractivity contribution in [1.29, 1.82) is 0 Å². The predicted molar refractivity (Wildman–Crippen MR) is 308 cm³/mol. The molecule has 428 valence electrons. The monoisotopic (exact) mass is 1110 g/mol. The molecule has 0 aromatic heterocycles. The summed E-state index contributed by atoms with van der Waals surface area (Å²) in [5.74, 6) is -2.33. The van der Waals surface area contributed by atoms with E-state index >= 15 is 0 Å². The summed E-state index contributed by atoms with van der Waals surface area (Å²) in [5, 5.41) is -0.126. The summed E-state index contributed by atoms with van der Waals surface area (Å²) in [7, 11) is -2.42. The van der Waals surface area contributed by atoms with Gasteiger partial charge in [-0.2, -0.15) is 0 Å². The fourth-order valence-electron chi connectivity index (χ4n) is 9.35. The van der Waals surface area contributed by atoms with Gasteiger partial charge >= 0.3 is 5.97 Å². The number of carbonyl (C=O) groups is 1. The molecule has 2 saturated heterocycles. The molecule has 0 aliphatic carbocycles. The molecule has 9 atom stereocenters. The number of rotatable bonds is 28. The summed E-state index contributed by atoms with van der Waals surface area (Å²) in [6, 6.07) is 59.8. The quantitative estimate of drug-likeness (QED) is 0.0342. The summed E-state index contributed by atoms with van der Waals surface area (Å²) in [4.78, 5) is 13.2. The van der Waals surface area contributed by atoms with Crippen LogP contribution in [0, 0.1) is 0 Å². The van der Waals surface area contributed by atoms with Gasteiger partial charge in [-0.05, 0) is 72.3 Å². The third-order valence-corrected chi connectivity index (χ3v) is 19.0. The van der Waals surface area contributed by atoms with Crippen molar-refractivity contribution < 1.29 is 61.3 Å². The molecule has 2 fully saturated rings. The van der Waals surface area contributed by atoms with Crippen LogP contribution in [0.5, 0.6) is 0 Å². The largest absolute Gasteiger partial charge is 0.458 e. The molecule has 0 bridgehead atoms. The molecular formula is C66H82O13Si. The highest BCUT2D eigenvalue weighted by Gasteiger charge is 2.62. The van der Waals surface area contributed by atoms with E-state index in [9.17, 15) is 4.79 Å². The van der Waals surface area contributed by atoms with Gasteiger partial charge in [0.25, 0.3) is 0 Å². The van der Waals surface area contributed by atoms with Crippen molar-refractivity contribution in [3.8, 4) is 0 Å². The molecular weight excluding hydrogens is 1030 g/mol. The Morgan fingerprint density at radius 2 is 0.875 bits per heavy atom. The van der Waals surface area contributed by atoms with Crippen LogP contribution >= 0.6 is 0 Å². The van der Waals surface area contributed by atoms with Crippen LogP contribution in [0.2, 0.25) is 18.1 Å². The van der Waals surface area contributed by atoms with Crippen LogP contribution in [0.4, 0.5) is 0 Å². The van der Waals surface area contributed by atoms with Gasteiger partial charge in [0, 0.05) is 0 Å². The van der Waals surface area contributed by atoms with Crippen molar-refractivity contribution in [1.82, 2.24) is 0 Å². The lowest BCUT2D eigenvalue weighted by Gasteiger charge is -2.49. The highest BCUT2D eigenvalue weighted by Crippen LogP contribution is 2.43. The van der Waals surface area contributed by atoms with Crippen LogP contribution in [0.15, 0.2) is 182 Å². The number of carbonyl (C=O) groups excluding carboxylic acids is 1. The van der Waals surface area contributed by atoms with Gasteiger partial charge in [-0.25, -0.2) is 4.79 Å². The molecule has 0 unspecified atom stereocenters. The van der Waals surface area contributed by atoms with E-state index in [4.69, 9.17) is 56.5 Å². The molecule has 0 N–H and O–H groups in total. The summed E-state index contributed by atoms with van der Waals surface area (Å²) >= 11 is 0. The first-order chi connectivity index (χ1) is 38.5. The van der Waals surface area contributed by atoms with Gasteiger partial charge in [-0.1, -0.05) is 203 Å². The molecule has 6 aromatic carbocycles. The molecule has 0 spiro atoms. The van der Waals surface area contributed by atoms with Gasteiger partial charge in [-0.3, -0.25) is 0 Å². The Kier molecular flexibility index (Phi) is 22.0. The standard InChI is InChI=1S/C66H82O13Si/c1-64(2,3)78-57(67)47-68-45-56-59(71-41-51-31-19-11-20-32-51)62(74-44-54-37-25-14-26-38-54)66(77-56,48-69-39-49-27-15-9-16-28-49)79-63-61(73-43-53-35-23-13-24-36-53)60(72-42-52-33-21-12-22-34-52)58(70-40-50-29-17-10-18-30-50)55(76-63)46-75-80(7,8)65(4,5)6/h9-38,55-56,58-63H,39-48H2,1-8H3/t55-,56-,58-,59-,60+,61-,62+,63-,66+/m1/s1. The number of esters is 1.